The average molecular weight is 336 g/mol. The Kier molecular flexibility index (Phi) is 5.74. The first-order valence-corrected chi connectivity index (χ1v) is 7.65. The molecule has 1 fully saturated rings. The molecule has 1 aliphatic rings. The highest BCUT2D eigenvalue weighted by atomic mass is 35.5. The summed E-state index contributed by atoms with van der Waals surface area (Å²) in [6.07, 6.45) is 5.26. The summed E-state index contributed by atoms with van der Waals surface area (Å²) < 4.78 is 1.68. The molecule has 0 bridgehead atoms. The van der Waals surface area contributed by atoms with E-state index in [9.17, 15) is 4.79 Å². The Morgan fingerprint density at radius 2 is 2.26 bits per heavy atom. The van der Waals surface area contributed by atoms with Gasteiger partial charge in [-0.25, -0.2) is 9.67 Å². The predicted octanol–water partition coefficient (Wildman–Crippen LogP) is 1.87. The third-order valence-electron chi connectivity index (χ3n) is 4.22. The van der Waals surface area contributed by atoms with Crippen LogP contribution < -0.4 is 10.6 Å². The minimum Gasteiger partial charge on any atom is -0.348 e. The molecule has 7 heteroatoms. The number of halogens is 1. The summed E-state index contributed by atoms with van der Waals surface area (Å²) in [6, 6.07) is 6.19. The van der Waals surface area contributed by atoms with Crippen molar-refractivity contribution in [2.24, 2.45) is 0 Å². The van der Waals surface area contributed by atoms with Gasteiger partial charge >= 0.3 is 0 Å². The molecule has 0 saturated carbocycles. The van der Waals surface area contributed by atoms with Gasteiger partial charge in [-0.15, -0.1) is 12.4 Å². The average Bonchev–Trinajstić information content (AvgIpc) is 3.03. The van der Waals surface area contributed by atoms with Gasteiger partial charge < -0.3 is 10.6 Å². The summed E-state index contributed by atoms with van der Waals surface area (Å²) >= 11 is 0. The number of amides is 1. The maximum absolute atomic E-state index is 12.5. The van der Waals surface area contributed by atoms with Crippen molar-refractivity contribution in [3.8, 4) is 5.69 Å². The molecule has 0 radical (unpaired) electrons. The molecule has 2 atom stereocenters. The van der Waals surface area contributed by atoms with Crippen molar-refractivity contribution in [3.63, 3.8) is 0 Å². The highest BCUT2D eigenvalue weighted by molar-refractivity contribution is 5.96. The Balaban J connectivity index is 0.00000192. The van der Waals surface area contributed by atoms with Crippen LogP contribution in [-0.2, 0) is 0 Å². The molecule has 2 unspecified atom stereocenters. The Hall–Kier alpha value is -1.92. The molecule has 3 rings (SSSR count). The third kappa shape index (κ3) is 3.89. The zero-order valence-corrected chi connectivity index (χ0v) is 14.1. The maximum Gasteiger partial charge on any atom is 0.251 e. The molecular weight excluding hydrogens is 314 g/mol. The fourth-order valence-corrected chi connectivity index (χ4v) is 2.87. The lowest BCUT2D eigenvalue weighted by Gasteiger charge is -2.30. The van der Waals surface area contributed by atoms with Crippen molar-refractivity contribution in [1.82, 2.24) is 25.4 Å². The summed E-state index contributed by atoms with van der Waals surface area (Å²) in [7, 11) is 0. The maximum atomic E-state index is 12.5. The van der Waals surface area contributed by atoms with Gasteiger partial charge in [0.15, 0.2) is 0 Å². The number of piperidine rings is 1. The van der Waals surface area contributed by atoms with Gasteiger partial charge in [0.1, 0.15) is 12.7 Å². The molecule has 23 heavy (non-hydrogen) atoms. The predicted molar refractivity (Wildman–Crippen MR) is 91.3 cm³/mol. The zero-order chi connectivity index (χ0) is 15.5. The van der Waals surface area contributed by atoms with Crippen LogP contribution in [0.2, 0.25) is 0 Å². The molecule has 1 amide bonds. The number of nitrogens with zero attached hydrogens (tertiary/aromatic N) is 3. The number of carbonyl (C=O) groups is 1. The standard InChI is InChI=1S/C16H21N5O.ClH/c1-11-8-13(21-10-17-9-19-21)5-6-14(11)16(22)20-15-4-3-7-18-12(15)2;/h5-6,8-10,12,15,18H,3-4,7H2,1-2H3,(H,20,22);1H. The van der Waals surface area contributed by atoms with Crippen molar-refractivity contribution < 1.29 is 4.79 Å². The molecule has 1 aromatic heterocycles. The molecule has 1 aliphatic heterocycles. The van der Waals surface area contributed by atoms with Gasteiger partial charge in [0.05, 0.1) is 5.69 Å². The van der Waals surface area contributed by atoms with Crippen LogP contribution >= 0.6 is 12.4 Å². The first kappa shape index (κ1) is 17.4. The van der Waals surface area contributed by atoms with Gasteiger partial charge in [0.2, 0.25) is 0 Å². The fourth-order valence-electron chi connectivity index (χ4n) is 2.87. The summed E-state index contributed by atoms with van der Waals surface area (Å²) in [5, 5.41) is 10.6. The van der Waals surface area contributed by atoms with E-state index in [0.717, 1.165) is 30.6 Å². The van der Waals surface area contributed by atoms with E-state index in [0.29, 0.717) is 11.6 Å². The van der Waals surface area contributed by atoms with Crippen molar-refractivity contribution in [2.75, 3.05) is 6.54 Å². The molecule has 2 aromatic rings. The van der Waals surface area contributed by atoms with E-state index in [1.165, 1.54) is 6.33 Å². The number of nitrogens with one attached hydrogen (secondary N) is 2. The van der Waals surface area contributed by atoms with Crippen LogP contribution in [0.15, 0.2) is 30.9 Å². The highest BCUT2D eigenvalue weighted by Gasteiger charge is 2.23. The second-order valence-corrected chi connectivity index (χ2v) is 5.80. The van der Waals surface area contributed by atoms with Crippen LogP contribution in [0.4, 0.5) is 0 Å². The second-order valence-electron chi connectivity index (χ2n) is 5.80. The van der Waals surface area contributed by atoms with Gasteiger partial charge in [-0.2, -0.15) is 5.10 Å². The number of hydrogen-bond donors (Lipinski definition) is 2. The van der Waals surface area contributed by atoms with E-state index in [-0.39, 0.29) is 24.4 Å². The Labute approximate surface area is 142 Å². The topological polar surface area (TPSA) is 71.8 Å². The molecule has 2 heterocycles. The van der Waals surface area contributed by atoms with Crippen molar-refractivity contribution in [2.45, 2.75) is 38.8 Å². The molecule has 6 nitrogen and oxygen atoms in total. The normalized spacial score (nSPS) is 20.6. The summed E-state index contributed by atoms with van der Waals surface area (Å²) in [4.78, 5) is 16.4. The van der Waals surface area contributed by atoms with Crippen LogP contribution in [-0.4, -0.2) is 39.3 Å². The Morgan fingerprint density at radius 3 is 2.91 bits per heavy atom. The number of aryl methyl sites for hydroxylation is 1. The fraction of sp³-hybridized carbons (Fsp3) is 0.438. The van der Waals surface area contributed by atoms with Gasteiger partial charge in [0, 0.05) is 17.6 Å². The quantitative estimate of drug-likeness (QED) is 0.898. The van der Waals surface area contributed by atoms with E-state index in [2.05, 4.69) is 27.6 Å². The van der Waals surface area contributed by atoms with E-state index < -0.39 is 0 Å². The number of rotatable bonds is 3. The van der Waals surface area contributed by atoms with Crippen molar-refractivity contribution >= 4 is 18.3 Å². The summed E-state index contributed by atoms with van der Waals surface area (Å²) in [6.45, 7) is 5.09. The van der Waals surface area contributed by atoms with Crippen LogP contribution in [0.3, 0.4) is 0 Å². The molecule has 1 saturated heterocycles. The highest BCUT2D eigenvalue weighted by Crippen LogP contribution is 2.15. The molecular formula is C16H22ClN5O. The third-order valence-corrected chi connectivity index (χ3v) is 4.22. The molecule has 0 aliphatic carbocycles. The Morgan fingerprint density at radius 1 is 1.43 bits per heavy atom. The minimum absolute atomic E-state index is 0. The van der Waals surface area contributed by atoms with Crippen molar-refractivity contribution in [3.05, 3.63) is 42.0 Å². The first-order chi connectivity index (χ1) is 10.6. The molecule has 0 spiro atoms. The zero-order valence-electron chi connectivity index (χ0n) is 13.3. The number of hydrogen-bond acceptors (Lipinski definition) is 4. The van der Waals surface area contributed by atoms with E-state index >= 15 is 0 Å². The summed E-state index contributed by atoms with van der Waals surface area (Å²) in [5.41, 5.74) is 2.54. The molecule has 1 aromatic carbocycles. The lowest BCUT2D eigenvalue weighted by Crippen LogP contribution is -2.52. The van der Waals surface area contributed by atoms with Crippen molar-refractivity contribution in [1.29, 1.82) is 0 Å². The monoisotopic (exact) mass is 335 g/mol. The van der Waals surface area contributed by atoms with E-state index in [1.807, 2.05) is 25.1 Å². The molecule has 124 valence electrons. The molecule has 2 N–H and O–H groups in total. The first-order valence-electron chi connectivity index (χ1n) is 7.65. The smallest absolute Gasteiger partial charge is 0.251 e. The largest absolute Gasteiger partial charge is 0.348 e. The van der Waals surface area contributed by atoms with Gasteiger partial charge in [-0.05, 0) is 57.0 Å². The van der Waals surface area contributed by atoms with E-state index in [4.69, 9.17) is 0 Å². The summed E-state index contributed by atoms with van der Waals surface area (Å²) in [5.74, 6) is -0.0109. The van der Waals surface area contributed by atoms with E-state index in [1.54, 1.807) is 11.0 Å². The van der Waals surface area contributed by atoms with Crippen LogP contribution in [0, 0.1) is 6.92 Å². The number of carbonyl (C=O) groups excluding carboxylic acids is 1. The minimum atomic E-state index is -0.0109. The van der Waals surface area contributed by atoms with Crippen LogP contribution in [0.1, 0.15) is 35.7 Å². The Bertz CT molecular complexity index is 658. The van der Waals surface area contributed by atoms with Gasteiger partial charge in [0.25, 0.3) is 5.91 Å². The SMILES string of the molecule is Cc1cc(-n2cncn2)ccc1C(=O)NC1CCCNC1C.Cl. The van der Waals surface area contributed by atoms with Crippen LogP contribution in [0.25, 0.3) is 5.69 Å². The number of benzene rings is 1. The van der Waals surface area contributed by atoms with Gasteiger partial charge in [-0.1, -0.05) is 0 Å². The number of aromatic nitrogens is 3. The van der Waals surface area contributed by atoms with Gasteiger partial charge in [-0.3, -0.25) is 4.79 Å². The lowest BCUT2D eigenvalue weighted by molar-refractivity contribution is 0.0919. The van der Waals surface area contributed by atoms with Crippen LogP contribution in [0.5, 0.6) is 0 Å². The lowest BCUT2D eigenvalue weighted by atomic mass is 9.99. The second kappa shape index (κ2) is 7.57.